The summed E-state index contributed by atoms with van der Waals surface area (Å²) in [7, 11) is 0. The Bertz CT molecular complexity index is 111. The van der Waals surface area contributed by atoms with Crippen molar-refractivity contribution in [1.82, 2.24) is 10.2 Å². The third-order valence-electron chi connectivity index (χ3n) is 2.24. The Kier molecular flexibility index (Phi) is 7.03. The van der Waals surface area contributed by atoms with Crippen molar-refractivity contribution in [2.45, 2.75) is 25.9 Å². The van der Waals surface area contributed by atoms with E-state index in [1.807, 2.05) is 0 Å². The molecule has 1 fully saturated rings. The maximum Gasteiger partial charge on any atom is 0 e. The Morgan fingerprint density at radius 1 is 1.67 bits per heavy atom. The zero-order chi connectivity index (χ0) is 8.27. The molecule has 1 heterocycles. The van der Waals surface area contributed by atoms with Crippen LogP contribution in [0.3, 0.4) is 0 Å². The summed E-state index contributed by atoms with van der Waals surface area (Å²) < 4.78 is 0. The maximum absolute atomic E-state index is 3.93. The molecule has 2 nitrogen and oxygen atoms in total. The van der Waals surface area contributed by atoms with Gasteiger partial charge in [-0.2, -0.15) is 0 Å². The molecule has 1 rings (SSSR count). The van der Waals surface area contributed by atoms with E-state index in [2.05, 4.69) is 37.4 Å². The average molecular weight is 243 g/mol. The minimum absolute atomic E-state index is 0. The van der Waals surface area contributed by atoms with E-state index in [9.17, 15) is 0 Å². The Morgan fingerprint density at radius 3 is 2.67 bits per heavy atom. The van der Waals surface area contributed by atoms with Gasteiger partial charge in [0.05, 0.1) is 0 Å². The van der Waals surface area contributed by atoms with Crippen LogP contribution in [-0.2, 0) is 32.7 Å². The van der Waals surface area contributed by atoms with Crippen LogP contribution >= 0.6 is 0 Å². The second-order valence-electron chi connectivity index (χ2n) is 3.29. The Labute approximate surface area is 101 Å². The van der Waals surface area contributed by atoms with Gasteiger partial charge >= 0.3 is 0 Å². The van der Waals surface area contributed by atoms with E-state index in [1.165, 1.54) is 0 Å². The number of rotatable bonds is 3. The van der Waals surface area contributed by atoms with Crippen molar-refractivity contribution in [1.29, 1.82) is 0 Å². The smallest absolute Gasteiger partial charge is 0 e. The van der Waals surface area contributed by atoms with Gasteiger partial charge in [0.2, 0.25) is 0 Å². The molecule has 1 atom stereocenters. The van der Waals surface area contributed by atoms with Crippen molar-refractivity contribution >= 4 is 0 Å². The van der Waals surface area contributed by atoms with Crippen LogP contribution in [0, 0.1) is 13.3 Å². The SMILES string of the molecule is [CH2-]CN(C(C)C)C1[CH-]CNC1.[Y]. The normalized spacial score (nSPS) is 23.2. The molecule has 12 heavy (non-hydrogen) atoms. The Morgan fingerprint density at radius 2 is 2.33 bits per heavy atom. The molecular weight excluding hydrogens is 225 g/mol. The number of hydrogen-bond donors (Lipinski definition) is 1. The van der Waals surface area contributed by atoms with Gasteiger partial charge in [0.15, 0.2) is 0 Å². The molecule has 1 N–H and O–H groups in total. The molecule has 0 aromatic carbocycles. The first-order valence-corrected chi connectivity index (χ1v) is 4.34. The number of nitrogens with zero attached hydrogens (tertiary/aromatic N) is 1. The van der Waals surface area contributed by atoms with E-state index < -0.39 is 0 Å². The minimum atomic E-state index is 0. The van der Waals surface area contributed by atoms with Crippen molar-refractivity contribution < 1.29 is 32.7 Å². The molecule has 3 heteroatoms. The quantitative estimate of drug-likeness (QED) is 0.734. The van der Waals surface area contributed by atoms with E-state index in [1.54, 1.807) is 0 Å². The molecule has 0 bridgehead atoms. The van der Waals surface area contributed by atoms with Crippen LogP contribution in [0.4, 0.5) is 0 Å². The van der Waals surface area contributed by atoms with Crippen LogP contribution in [-0.4, -0.2) is 36.6 Å². The summed E-state index contributed by atoms with van der Waals surface area (Å²) in [6, 6.07) is 1.21. The van der Waals surface area contributed by atoms with Gasteiger partial charge in [-0.05, 0) is 12.6 Å². The fourth-order valence-electron chi connectivity index (χ4n) is 1.59. The van der Waals surface area contributed by atoms with Crippen LogP contribution in [0.25, 0.3) is 0 Å². The zero-order valence-corrected chi connectivity index (χ0v) is 10.9. The van der Waals surface area contributed by atoms with Gasteiger partial charge in [0.25, 0.3) is 0 Å². The largest absolute Gasteiger partial charge is 0.356 e. The van der Waals surface area contributed by atoms with Gasteiger partial charge < -0.3 is 17.1 Å². The van der Waals surface area contributed by atoms with Crippen LogP contribution in [0.15, 0.2) is 0 Å². The van der Waals surface area contributed by atoms with E-state index in [4.69, 9.17) is 0 Å². The molecule has 0 aromatic heterocycles. The van der Waals surface area contributed by atoms with Crippen molar-refractivity contribution in [3.8, 4) is 0 Å². The molecule has 1 aliphatic rings. The fourth-order valence-corrected chi connectivity index (χ4v) is 1.59. The van der Waals surface area contributed by atoms with Crippen LogP contribution in [0.2, 0.25) is 0 Å². The second-order valence-corrected chi connectivity index (χ2v) is 3.29. The summed E-state index contributed by atoms with van der Waals surface area (Å²) in [6.45, 7) is 11.4. The second kappa shape index (κ2) is 6.47. The fraction of sp³-hybridized carbons (Fsp3) is 0.778. The molecule has 0 spiro atoms. The molecule has 1 aliphatic heterocycles. The number of nitrogens with one attached hydrogen (secondary N) is 1. The van der Waals surface area contributed by atoms with Gasteiger partial charge in [0.1, 0.15) is 0 Å². The summed E-state index contributed by atoms with van der Waals surface area (Å²) in [6.07, 6.45) is 2.32. The van der Waals surface area contributed by atoms with E-state index in [0.29, 0.717) is 12.1 Å². The topological polar surface area (TPSA) is 15.3 Å². The molecule has 0 aromatic rings. The van der Waals surface area contributed by atoms with E-state index in [0.717, 1.165) is 19.6 Å². The molecule has 1 saturated heterocycles. The summed E-state index contributed by atoms with van der Waals surface area (Å²) in [5.74, 6) is 0. The first-order chi connectivity index (χ1) is 5.25. The van der Waals surface area contributed by atoms with Crippen molar-refractivity contribution in [2.24, 2.45) is 0 Å². The average Bonchev–Trinajstić information content (AvgIpc) is 2.40. The standard InChI is InChI=1S/C9H18N2.Y/c1-4-11(8(2)3)9-5-6-10-7-9;/h5,8-10H,1,4,6-7H2,2-3H3;/q-2;. The molecule has 1 unspecified atom stereocenters. The first-order valence-electron chi connectivity index (χ1n) is 4.34. The predicted molar refractivity (Wildman–Crippen MR) is 48.2 cm³/mol. The monoisotopic (exact) mass is 243 g/mol. The zero-order valence-electron chi connectivity index (χ0n) is 8.09. The molecular formula is C9H18N2Y-2. The van der Waals surface area contributed by atoms with Gasteiger partial charge in [-0.1, -0.05) is 13.8 Å². The van der Waals surface area contributed by atoms with Gasteiger partial charge in [0, 0.05) is 32.7 Å². The molecule has 1 radical (unpaired) electrons. The third kappa shape index (κ3) is 3.41. The van der Waals surface area contributed by atoms with E-state index in [-0.39, 0.29) is 32.7 Å². The van der Waals surface area contributed by atoms with Crippen molar-refractivity contribution in [2.75, 3.05) is 19.6 Å². The Hall–Kier alpha value is 1.02. The van der Waals surface area contributed by atoms with Crippen LogP contribution in [0.5, 0.6) is 0 Å². The van der Waals surface area contributed by atoms with Crippen molar-refractivity contribution in [3.05, 3.63) is 13.3 Å². The van der Waals surface area contributed by atoms with E-state index >= 15 is 0 Å². The summed E-state index contributed by atoms with van der Waals surface area (Å²) >= 11 is 0. The molecule has 0 amide bonds. The Balaban J connectivity index is 0.00000121. The maximum atomic E-state index is 3.93. The predicted octanol–water partition coefficient (Wildman–Crippen LogP) is 0.704. The summed E-state index contributed by atoms with van der Waals surface area (Å²) in [5, 5.41) is 3.32. The van der Waals surface area contributed by atoms with Crippen LogP contribution in [0.1, 0.15) is 13.8 Å². The summed E-state index contributed by atoms with van der Waals surface area (Å²) in [4.78, 5) is 2.40. The first kappa shape index (κ1) is 13.0. The third-order valence-corrected chi connectivity index (χ3v) is 2.24. The minimum Gasteiger partial charge on any atom is -0.356 e. The number of hydrogen-bond acceptors (Lipinski definition) is 2. The van der Waals surface area contributed by atoms with Gasteiger partial charge in [-0.3, -0.25) is 6.42 Å². The molecule has 0 aliphatic carbocycles. The van der Waals surface area contributed by atoms with Crippen molar-refractivity contribution in [3.63, 3.8) is 0 Å². The molecule has 69 valence electrons. The van der Waals surface area contributed by atoms with Gasteiger partial charge in [-0.25, -0.2) is 0 Å². The molecule has 0 saturated carbocycles. The van der Waals surface area contributed by atoms with Crippen LogP contribution < -0.4 is 5.32 Å². The summed E-state index contributed by atoms with van der Waals surface area (Å²) in [5.41, 5.74) is 0. The van der Waals surface area contributed by atoms with Gasteiger partial charge in [-0.15, -0.1) is 19.1 Å².